The standard InChI is InChI=1S/C11H19N3O/c1-4-8(2)5-9(3)14-10-6-11(15)13-7-12-10/h6-9H,4-5H2,1-3H3,(H2,12,13,14,15). The minimum Gasteiger partial charge on any atom is -0.367 e. The van der Waals surface area contributed by atoms with Crippen molar-refractivity contribution in [3.8, 4) is 0 Å². The molecule has 2 unspecified atom stereocenters. The first-order valence-electron chi connectivity index (χ1n) is 5.43. The van der Waals surface area contributed by atoms with Crippen LogP contribution in [0.1, 0.15) is 33.6 Å². The van der Waals surface area contributed by atoms with Gasteiger partial charge >= 0.3 is 0 Å². The van der Waals surface area contributed by atoms with Crippen LogP contribution >= 0.6 is 0 Å². The number of aromatic nitrogens is 2. The third-order valence-electron chi connectivity index (χ3n) is 2.53. The zero-order valence-corrected chi connectivity index (χ0v) is 9.58. The van der Waals surface area contributed by atoms with Crippen molar-refractivity contribution in [1.82, 2.24) is 9.97 Å². The Morgan fingerprint density at radius 1 is 1.53 bits per heavy atom. The molecule has 0 spiro atoms. The Labute approximate surface area is 90.1 Å². The van der Waals surface area contributed by atoms with Crippen LogP contribution < -0.4 is 10.9 Å². The SMILES string of the molecule is CCC(C)CC(C)Nc1cc(=O)[nH]cn1. The van der Waals surface area contributed by atoms with Crippen LogP contribution in [-0.2, 0) is 0 Å². The molecule has 0 amide bonds. The van der Waals surface area contributed by atoms with E-state index in [1.54, 1.807) is 0 Å². The molecule has 0 radical (unpaired) electrons. The van der Waals surface area contributed by atoms with Gasteiger partial charge in [0.2, 0.25) is 0 Å². The van der Waals surface area contributed by atoms with E-state index in [0.717, 1.165) is 6.42 Å². The number of H-pyrrole nitrogens is 1. The van der Waals surface area contributed by atoms with E-state index in [1.165, 1.54) is 18.8 Å². The van der Waals surface area contributed by atoms with Crippen LogP contribution in [-0.4, -0.2) is 16.0 Å². The number of rotatable bonds is 5. The summed E-state index contributed by atoms with van der Waals surface area (Å²) in [6.07, 6.45) is 3.68. The minimum atomic E-state index is -0.122. The Kier molecular flexibility index (Phi) is 4.34. The summed E-state index contributed by atoms with van der Waals surface area (Å²) in [6, 6.07) is 1.82. The summed E-state index contributed by atoms with van der Waals surface area (Å²) < 4.78 is 0. The predicted molar refractivity (Wildman–Crippen MR) is 62.0 cm³/mol. The fourth-order valence-corrected chi connectivity index (χ4v) is 1.53. The highest BCUT2D eigenvalue weighted by Gasteiger charge is 2.07. The fourth-order valence-electron chi connectivity index (χ4n) is 1.53. The topological polar surface area (TPSA) is 57.8 Å². The van der Waals surface area contributed by atoms with Crippen molar-refractivity contribution in [3.63, 3.8) is 0 Å². The van der Waals surface area contributed by atoms with Crippen LogP contribution in [0.25, 0.3) is 0 Å². The molecule has 2 atom stereocenters. The van der Waals surface area contributed by atoms with Crippen molar-refractivity contribution in [3.05, 3.63) is 22.7 Å². The van der Waals surface area contributed by atoms with Gasteiger partial charge in [0.15, 0.2) is 0 Å². The number of nitrogens with one attached hydrogen (secondary N) is 2. The maximum atomic E-state index is 11.0. The summed E-state index contributed by atoms with van der Waals surface area (Å²) in [4.78, 5) is 17.6. The third kappa shape index (κ3) is 4.14. The van der Waals surface area contributed by atoms with Gasteiger partial charge in [-0.2, -0.15) is 0 Å². The van der Waals surface area contributed by atoms with Crippen molar-refractivity contribution in [2.24, 2.45) is 5.92 Å². The number of aromatic amines is 1. The molecule has 0 saturated heterocycles. The number of nitrogens with zero attached hydrogens (tertiary/aromatic N) is 1. The summed E-state index contributed by atoms with van der Waals surface area (Å²) in [7, 11) is 0. The van der Waals surface area contributed by atoms with Crippen LogP contribution in [0.2, 0.25) is 0 Å². The van der Waals surface area contributed by atoms with Gasteiger partial charge in [0.1, 0.15) is 5.82 Å². The lowest BCUT2D eigenvalue weighted by molar-refractivity contribution is 0.483. The van der Waals surface area contributed by atoms with E-state index in [4.69, 9.17) is 0 Å². The van der Waals surface area contributed by atoms with E-state index in [9.17, 15) is 4.79 Å². The van der Waals surface area contributed by atoms with E-state index >= 15 is 0 Å². The molecule has 1 heterocycles. The molecule has 1 aromatic heterocycles. The Balaban J connectivity index is 2.51. The molecular formula is C11H19N3O. The maximum Gasteiger partial charge on any atom is 0.252 e. The zero-order valence-electron chi connectivity index (χ0n) is 9.58. The Morgan fingerprint density at radius 2 is 2.27 bits per heavy atom. The van der Waals surface area contributed by atoms with Gasteiger partial charge in [0.05, 0.1) is 6.33 Å². The second-order valence-electron chi connectivity index (χ2n) is 4.09. The fraction of sp³-hybridized carbons (Fsp3) is 0.636. The summed E-state index contributed by atoms with van der Waals surface area (Å²) in [5.41, 5.74) is -0.122. The van der Waals surface area contributed by atoms with Crippen molar-refractivity contribution in [1.29, 1.82) is 0 Å². The van der Waals surface area contributed by atoms with Crippen LogP contribution in [0.15, 0.2) is 17.2 Å². The lowest BCUT2D eigenvalue weighted by atomic mass is 10.0. The summed E-state index contributed by atoms with van der Waals surface area (Å²) in [5.74, 6) is 1.34. The van der Waals surface area contributed by atoms with Crippen molar-refractivity contribution in [2.75, 3.05) is 5.32 Å². The first-order valence-corrected chi connectivity index (χ1v) is 5.43. The molecular weight excluding hydrogens is 190 g/mol. The number of hydrogen-bond donors (Lipinski definition) is 2. The molecule has 4 nitrogen and oxygen atoms in total. The Bertz CT molecular complexity index is 348. The van der Waals surface area contributed by atoms with Crippen LogP contribution in [0.4, 0.5) is 5.82 Å². The highest BCUT2D eigenvalue weighted by atomic mass is 16.1. The Hall–Kier alpha value is -1.32. The quantitative estimate of drug-likeness (QED) is 0.780. The Morgan fingerprint density at radius 3 is 2.87 bits per heavy atom. The second kappa shape index (κ2) is 5.53. The van der Waals surface area contributed by atoms with Crippen LogP contribution in [0, 0.1) is 5.92 Å². The summed E-state index contributed by atoms with van der Waals surface area (Å²) in [6.45, 7) is 6.52. The summed E-state index contributed by atoms with van der Waals surface area (Å²) >= 11 is 0. The molecule has 0 saturated carbocycles. The molecule has 4 heteroatoms. The van der Waals surface area contributed by atoms with E-state index < -0.39 is 0 Å². The third-order valence-corrected chi connectivity index (χ3v) is 2.53. The normalized spacial score (nSPS) is 14.6. The number of anilines is 1. The lowest BCUT2D eigenvalue weighted by Crippen LogP contribution is -2.20. The molecule has 0 aliphatic heterocycles. The molecule has 0 aliphatic rings. The molecule has 0 aliphatic carbocycles. The molecule has 0 bridgehead atoms. The monoisotopic (exact) mass is 209 g/mol. The average molecular weight is 209 g/mol. The summed E-state index contributed by atoms with van der Waals surface area (Å²) in [5, 5.41) is 3.22. The average Bonchev–Trinajstić information content (AvgIpc) is 2.17. The molecule has 1 rings (SSSR count). The zero-order chi connectivity index (χ0) is 11.3. The highest BCUT2D eigenvalue weighted by molar-refractivity contribution is 5.32. The second-order valence-corrected chi connectivity index (χ2v) is 4.09. The molecule has 84 valence electrons. The van der Waals surface area contributed by atoms with Crippen molar-refractivity contribution < 1.29 is 0 Å². The largest absolute Gasteiger partial charge is 0.367 e. The number of hydrogen-bond acceptors (Lipinski definition) is 3. The van der Waals surface area contributed by atoms with Gasteiger partial charge < -0.3 is 10.3 Å². The lowest BCUT2D eigenvalue weighted by Gasteiger charge is -2.17. The van der Waals surface area contributed by atoms with E-state index in [1.807, 2.05) is 0 Å². The molecule has 1 aromatic rings. The first-order chi connectivity index (χ1) is 7.11. The molecule has 0 aromatic carbocycles. The smallest absolute Gasteiger partial charge is 0.252 e. The minimum absolute atomic E-state index is 0.122. The van der Waals surface area contributed by atoms with Gasteiger partial charge in [-0.05, 0) is 19.3 Å². The first kappa shape index (κ1) is 11.8. The molecule has 15 heavy (non-hydrogen) atoms. The van der Waals surface area contributed by atoms with Gasteiger partial charge in [-0.3, -0.25) is 4.79 Å². The molecule has 0 fully saturated rings. The van der Waals surface area contributed by atoms with Gasteiger partial charge in [0.25, 0.3) is 5.56 Å². The van der Waals surface area contributed by atoms with Crippen molar-refractivity contribution >= 4 is 5.82 Å². The van der Waals surface area contributed by atoms with Crippen LogP contribution in [0.5, 0.6) is 0 Å². The highest BCUT2D eigenvalue weighted by Crippen LogP contribution is 2.12. The van der Waals surface area contributed by atoms with E-state index in [0.29, 0.717) is 17.8 Å². The molecule has 2 N–H and O–H groups in total. The van der Waals surface area contributed by atoms with Gasteiger partial charge in [-0.25, -0.2) is 4.98 Å². The van der Waals surface area contributed by atoms with Gasteiger partial charge in [0, 0.05) is 12.1 Å². The van der Waals surface area contributed by atoms with Crippen molar-refractivity contribution in [2.45, 2.75) is 39.7 Å². The predicted octanol–water partition coefficient (Wildman–Crippen LogP) is 2.01. The van der Waals surface area contributed by atoms with Crippen LogP contribution in [0.3, 0.4) is 0 Å². The van der Waals surface area contributed by atoms with Gasteiger partial charge in [-0.1, -0.05) is 20.3 Å². The van der Waals surface area contributed by atoms with E-state index in [2.05, 4.69) is 36.1 Å². The maximum absolute atomic E-state index is 11.0. The van der Waals surface area contributed by atoms with E-state index in [-0.39, 0.29) is 5.56 Å². The van der Waals surface area contributed by atoms with Gasteiger partial charge in [-0.15, -0.1) is 0 Å².